The number of aliphatic hydroxyl groups is 1. The van der Waals surface area contributed by atoms with Crippen LogP contribution in [0.4, 0.5) is 0 Å². The summed E-state index contributed by atoms with van der Waals surface area (Å²) in [7, 11) is 0. The van der Waals surface area contributed by atoms with Crippen LogP contribution in [0, 0.1) is 5.92 Å². The molecule has 56 valence electrons. The highest BCUT2D eigenvalue weighted by Crippen LogP contribution is 2.19. The first-order chi connectivity index (χ1) is 4.04. The zero-order chi connectivity index (χ0) is 7.49. The summed E-state index contributed by atoms with van der Waals surface area (Å²) in [5.41, 5.74) is 0. The van der Waals surface area contributed by atoms with Crippen molar-refractivity contribution < 1.29 is 15.3 Å². The Balaban J connectivity index is 3.80. The molecule has 9 heavy (non-hydrogen) atoms. The Labute approximate surface area is 55.2 Å². The third kappa shape index (κ3) is 2.30. The van der Waals surface area contributed by atoms with Crippen LogP contribution in [0.5, 0.6) is 0 Å². The maximum absolute atomic E-state index is 9.12. The minimum atomic E-state index is -1.39. The van der Waals surface area contributed by atoms with Gasteiger partial charge in [0.15, 0.2) is 5.79 Å². The first-order valence-electron chi connectivity index (χ1n) is 3.09. The zero-order valence-electron chi connectivity index (χ0n) is 6.09. The maximum Gasteiger partial charge on any atom is 0.198 e. The van der Waals surface area contributed by atoms with Gasteiger partial charge in [-0.15, -0.1) is 0 Å². The van der Waals surface area contributed by atoms with Crippen LogP contribution >= 0.6 is 0 Å². The molecule has 0 fully saturated rings. The Morgan fingerprint density at radius 3 is 2.22 bits per heavy atom. The molecule has 0 aliphatic heterocycles. The number of hydrogen-bond acceptors (Lipinski definition) is 3. The molecule has 2 atom stereocenters. The lowest BCUT2D eigenvalue weighted by Gasteiger charge is -2.24. The lowest BCUT2D eigenvalue weighted by Crippen LogP contribution is -2.34. The van der Waals surface area contributed by atoms with E-state index < -0.39 is 5.79 Å². The van der Waals surface area contributed by atoms with Crippen LogP contribution in [0.25, 0.3) is 0 Å². The van der Waals surface area contributed by atoms with E-state index >= 15 is 0 Å². The van der Waals surface area contributed by atoms with Crippen LogP contribution in [0.1, 0.15) is 27.2 Å². The molecule has 0 aromatic carbocycles. The van der Waals surface area contributed by atoms with Crippen molar-refractivity contribution >= 4 is 0 Å². The molecule has 0 radical (unpaired) electrons. The summed E-state index contributed by atoms with van der Waals surface area (Å²) in [6, 6.07) is 0. The average molecular weight is 134 g/mol. The van der Waals surface area contributed by atoms with Gasteiger partial charge in [-0.2, -0.15) is 0 Å². The molecular weight excluding hydrogens is 120 g/mol. The van der Waals surface area contributed by atoms with Gasteiger partial charge < -0.3 is 5.11 Å². The van der Waals surface area contributed by atoms with Crippen molar-refractivity contribution in [2.45, 2.75) is 33.0 Å². The van der Waals surface area contributed by atoms with Crippen LogP contribution < -0.4 is 0 Å². The first-order valence-corrected chi connectivity index (χ1v) is 3.09. The topological polar surface area (TPSA) is 49.7 Å². The van der Waals surface area contributed by atoms with Gasteiger partial charge in [0.1, 0.15) is 0 Å². The van der Waals surface area contributed by atoms with E-state index in [4.69, 9.17) is 10.4 Å². The number of hydrogen-bond donors (Lipinski definition) is 2. The monoisotopic (exact) mass is 134 g/mol. The normalized spacial score (nSPS) is 21.0. The van der Waals surface area contributed by atoms with Crippen LogP contribution in [0.2, 0.25) is 0 Å². The van der Waals surface area contributed by atoms with Gasteiger partial charge in [-0.3, -0.25) is 0 Å². The third-order valence-corrected chi connectivity index (χ3v) is 1.71. The summed E-state index contributed by atoms with van der Waals surface area (Å²) >= 11 is 0. The summed E-state index contributed by atoms with van der Waals surface area (Å²) in [6.07, 6.45) is 0.771. The van der Waals surface area contributed by atoms with Gasteiger partial charge >= 0.3 is 0 Å². The van der Waals surface area contributed by atoms with E-state index in [-0.39, 0.29) is 5.92 Å². The molecule has 0 aromatic heterocycles. The van der Waals surface area contributed by atoms with Crippen LogP contribution in [0.15, 0.2) is 0 Å². The molecule has 2 N–H and O–H groups in total. The van der Waals surface area contributed by atoms with Crippen molar-refractivity contribution in [3.05, 3.63) is 0 Å². The Bertz CT molecular complexity index is 80.4. The lowest BCUT2D eigenvalue weighted by atomic mass is 10.0. The summed E-state index contributed by atoms with van der Waals surface area (Å²) in [4.78, 5) is 3.85. The summed E-state index contributed by atoms with van der Waals surface area (Å²) in [5, 5.41) is 17.3. The van der Waals surface area contributed by atoms with E-state index in [0.29, 0.717) is 0 Å². The largest absolute Gasteiger partial charge is 0.363 e. The standard InChI is InChI=1S/C6H14O3/c1-4-5(2)6(3,7)9-8/h5,7-8H,4H2,1-3H3. The van der Waals surface area contributed by atoms with Crippen molar-refractivity contribution in [2.75, 3.05) is 0 Å². The number of rotatable bonds is 3. The molecule has 0 rings (SSSR count). The van der Waals surface area contributed by atoms with E-state index in [2.05, 4.69) is 4.89 Å². The minimum Gasteiger partial charge on any atom is -0.363 e. The fourth-order valence-electron chi connectivity index (χ4n) is 0.469. The second-order valence-electron chi connectivity index (χ2n) is 2.46. The first kappa shape index (κ1) is 8.88. The van der Waals surface area contributed by atoms with Crippen molar-refractivity contribution in [2.24, 2.45) is 5.92 Å². The van der Waals surface area contributed by atoms with E-state index in [1.807, 2.05) is 6.92 Å². The van der Waals surface area contributed by atoms with Gasteiger partial charge in [0.2, 0.25) is 0 Å². The van der Waals surface area contributed by atoms with Gasteiger partial charge in [0, 0.05) is 5.92 Å². The molecule has 3 heteroatoms. The molecule has 0 aromatic rings. The van der Waals surface area contributed by atoms with E-state index in [9.17, 15) is 0 Å². The molecule has 0 aliphatic rings. The minimum absolute atomic E-state index is 0.0532. The molecule has 2 unspecified atom stereocenters. The summed E-state index contributed by atoms with van der Waals surface area (Å²) in [6.45, 7) is 5.15. The van der Waals surface area contributed by atoms with Crippen molar-refractivity contribution in [1.29, 1.82) is 0 Å². The summed E-state index contributed by atoms with van der Waals surface area (Å²) in [5.74, 6) is -1.45. The second kappa shape index (κ2) is 3.15. The van der Waals surface area contributed by atoms with Crippen molar-refractivity contribution in [1.82, 2.24) is 0 Å². The Kier molecular flexibility index (Phi) is 3.11. The van der Waals surface area contributed by atoms with Crippen LogP contribution in [-0.2, 0) is 4.89 Å². The van der Waals surface area contributed by atoms with Gasteiger partial charge in [0.05, 0.1) is 0 Å². The zero-order valence-corrected chi connectivity index (χ0v) is 6.09. The third-order valence-electron chi connectivity index (χ3n) is 1.71. The van der Waals surface area contributed by atoms with Crippen LogP contribution in [0.3, 0.4) is 0 Å². The van der Waals surface area contributed by atoms with E-state index in [1.54, 1.807) is 6.92 Å². The van der Waals surface area contributed by atoms with E-state index in [0.717, 1.165) is 6.42 Å². The highest BCUT2D eigenvalue weighted by Gasteiger charge is 2.27. The Hall–Kier alpha value is -0.120. The predicted molar refractivity (Wildman–Crippen MR) is 33.8 cm³/mol. The average Bonchev–Trinajstić information content (AvgIpc) is 1.86. The highest BCUT2D eigenvalue weighted by molar-refractivity contribution is 4.64. The molecule has 0 spiro atoms. The predicted octanol–water partition coefficient (Wildman–Crippen LogP) is 1.23. The van der Waals surface area contributed by atoms with Crippen molar-refractivity contribution in [3.8, 4) is 0 Å². The fourth-order valence-corrected chi connectivity index (χ4v) is 0.469. The highest BCUT2D eigenvalue weighted by atomic mass is 17.1. The molecule has 3 nitrogen and oxygen atoms in total. The second-order valence-corrected chi connectivity index (χ2v) is 2.46. The maximum atomic E-state index is 9.12. The van der Waals surface area contributed by atoms with Crippen molar-refractivity contribution in [3.63, 3.8) is 0 Å². The van der Waals surface area contributed by atoms with Gasteiger partial charge in [0.25, 0.3) is 0 Å². The SMILES string of the molecule is CCC(C)C(C)(O)OO. The van der Waals surface area contributed by atoms with Gasteiger partial charge in [-0.25, -0.2) is 10.1 Å². The smallest absolute Gasteiger partial charge is 0.198 e. The van der Waals surface area contributed by atoms with Gasteiger partial charge in [-0.1, -0.05) is 13.8 Å². The molecule has 0 amide bonds. The van der Waals surface area contributed by atoms with Crippen LogP contribution in [-0.4, -0.2) is 16.2 Å². The Morgan fingerprint density at radius 2 is 2.11 bits per heavy atom. The molecular formula is C6H14O3. The fraction of sp³-hybridized carbons (Fsp3) is 1.00. The van der Waals surface area contributed by atoms with E-state index in [1.165, 1.54) is 6.92 Å². The lowest BCUT2D eigenvalue weighted by molar-refractivity contribution is -0.400. The summed E-state index contributed by atoms with van der Waals surface area (Å²) < 4.78 is 0. The quantitative estimate of drug-likeness (QED) is 0.347. The molecule has 0 saturated carbocycles. The van der Waals surface area contributed by atoms with Gasteiger partial charge in [-0.05, 0) is 13.3 Å². The molecule has 0 heterocycles. The molecule has 0 bridgehead atoms. The molecule has 0 saturated heterocycles. The Morgan fingerprint density at radius 1 is 1.67 bits per heavy atom. The molecule has 0 aliphatic carbocycles.